The summed E-state index contributed by atoms with van der Waals surface area (Å²) < 4.78 is 0. The molecule has 0 fully saturated rings. The lowest BCUT2D eigenvalue weighted by molar-refractivity contribution is -0.145. The number of aromatic hydroxyl groups is 1. The number of hydrogen-bond donors (Lipinski definition) is 4. The predicted octanol–water partition coefficient (Wildman–Crippen LogP) is 2.53. The fraction of sp³-hybridized carbons (Fsp3) is 0.118. The fourth-order valence-corrected chi connectivity index (χ4v) is 2.19. The van der Waals surface area contributed by atoms with Gasteiger partial charge in [-0.15, -0.1) is 0 Å². The summed E-state index contributed by atoms with van der Waals surface area (Å²) in [6.07, 6.45) is -0.529. The van der Waals surface area contributed by atoms with Gasteiger partial charge in [0.1, 0.15) is 5.75 Å². The van der Waals surface area contributed by atoms with E-state index in [1.807, 2.05) is 0 Å². The molecule has 0 aromatic heterocycles. The average molecular weight is 331 g/mol. The van der Waals surface area contributed by atoms with Gasteiger partial charge in [-0.3, -0.25) is 14.4 Å². The first-order valence-corrected chi connectivity index (χ1v) is 7.02. The van der Waals surface area contributed by atoms with Crippen molar-refractivity contribution in [1.29, 1.82) is 0 Å². The second kappa shape index (κ2) is 7.28. The maximum absolute atomic E-state index is 12.1. The molecule has 1 atom stereocenters. The van der Waals surface area contributed by atoms with Crippen molar-refractivity contribution in [2.75, 3.05) is 5.32 Å². The number of carbonyl (C=O) groups is 3. The van der Waals surface area contributed by atoms with Gasteiger partial charge in [0, 0.05) is 7.11 Å². The van der Waals surface area contributed by atoms with Gasteiger partial charge in [0.2, 0.25) is 0 Å². The summed E-state index contributed by atoms with van der Waals surface area (Å²) in [4.78, 5) is 34.0. The number of phenolic OH excluding ortho intramolecular Hbond substituents is 1. The molecule has 0 bridgehead atoms. The van der Waals surface area contributed by atoms with Crippen LogP contribution in [0.1, 0.15) is 29.7 Å². The Labute approximate surface area is 138 Å². The number of phenols is 1. The molecule has 2 aromatic carbocycles. The number of para-hydroxylation sites is 1. The molecular formula is C17H17NO6. The molecule has 4 N–H and O–H groups in total. The molecule has 0 aliphatic carbocycles. The highest BCUT2D eigenvalue weighted by Gasteiger charge is 2.23. The van der Waals surface area contributed by atoms with Crippen LogP contribution in [0.15, 0.2) is 48.5 Å². The number of hydrogen-bond acceptors (Lipinski definition) is 4. The van der Waals surface area contributed by atoms with Crippen LogP contribution < -0.4 is 5.32 Å². The number of carboxylic acids is 2. The van der Waals surface area contributed by atoms with E-state index >= 15 is 0 Å². The summed E-state index contributed by atoms with van der Waals surface area (Å²) in [5, 5.41) is 30.1. The van der Waals surface area contributed by atoms with Crippen molar-refractivity contribution in [3.05, 3.63) is 59.7 Å². The maximum atomic E-state index is 12.1. The maximum Gasteiger partial charge on any atom is 0.311 e. The van der Waals surface area contributed by atoms with Crippen LogP contribution >= 0.6 is 0 Å². The molecule has 7 nitrogen and oxygen atoms in total. The standard InChI is InChI=1S/C17H15NO6.H2/c19-14-4-2-1-3-12(14)16(22)18-11-7-5-10(6-8-11)13(17(23)24)9-15(20)21;/h1-8,13,19H,9H2,(H,18,22)(H,20,21)(H,23,24);1H. The van der Waals surface area contributed by atoms with Crippen LogP contribution in [0.2, 0.25) is 0 Å². The van der Waals surface area contributed by atoms with Gasteiger partial charge in [-0.2, -0.15) is 0 Å². The Bertz CT molecular complexity index is 775. The molecule has 1 amide bonds. The Morgan fingerprint density at radius 2 is 1.62 bits per heavy atom. The van der Waals surface area contributed by atoms with Gasteiger partial charge in [-0.25, -0.2) is 0 Å². The van der Waals surface area contributed by atoms with Gasteiger partial charge < -0.3 is 20.6 Å². The predicted molar refractivity (Wildman–Crippen MR) is 87.2 cm³/mol. The van der Waals surface area contributed by atoms with E-state index in [0.29, 0.717) is 11.3 Å². The van der Waals surface area contributed by atoms with Crippen molar-refractivity contribution in [3.63, 3.8) is 0 Å². The Morgan fingerprint density at radius 1 is 1.00 bits per heavy atom. The van der Waals surface area contributed by atoms with Crippen molar-refractivity contribution >= 4 is 23.5 Å². The summed E-state index contributed by atoms with van der Waals surface area (Å²) >= 11 is 0. The van der Waals surface area contributed by atoms with E-state index in [1.54, 1.807) is 12.1 Å². The SMILES string of the molecule is O=C(O)CC(C(=O)O)c1ccc(NC(=O)c2ccccc2O)cc1.[HH]. The van der Waals surface area contributed by atoms with Gasteiger partial charge in [-0.05, 0) is 29.8 Å². The molecule has 0 aliphatic rings. The summed E-state index contributed by atoms with van der Waals surface area (Å²) in [5.41, 5.74) is 0.827. The number of nitrogens with one attached hydrogen (secondary N) is 1. The highest BCUT2D eigenvalue weighted by atomic mass is 16.4. The number of carbonyl (C=O) groups excluding carboxylic acids is 1. The molecule has 2 rings (SSSR count). The third-order valence-electron chi connectivity index (χ3n) is 3.40. The minimum atomic E-state index is -1.23. The first-order valence-electron chi connectivity index (χ1n) is 7.02. The first kappa shape index (κ1) is 17.0. The van der Waals surface area contributed by atoms with E-state index < -0.39 is 30.2 Å². The van der Waals surface area contributed by atoms with Crippen molar-refractivity contribution < 1.29 is 31.1 Å². The molecule has 0 saturated heterocycles. The van der Waals surface area contributed by atoms with Gasteiger partial charge >= 0.3 is 11.9 Å². The number of anilines is 1. The van der Waals surface area contributed by atoms with E-state index in [0.717, 1.165) is 0 Å². The normalized spacial score (nSPS) is 11.5. The van der Waals surface area contributed by atoms with E-state index in [4.69, 9.17) is 10.2 Å². The average Bonchev–Trinajstić information content (AvgIpc) is 2.53. The summed E-state index contributed by atoms with van der Waals surface area (Å²) in [7, 11) is 0. The van der Waals surface area contributed by atoms with E-state index in [9.17, 15) is 19.5 Å². The van der Waals surface area contributed by atoms with Crippen molar-refractivity contribution in [1.82, 2.24) is 0 Å². The molecule has 0 spiro atoms. The van der Waals surface area contributed by atoms with E-state index in [-0.39, 0.29) is 12.7 Å². The second-order valence-corrected chi connectivity index (χ2v) is 5.08. The van der Waals surface area contributed by atoms with E-state index in [2.05, 4.69) is 5.32 Å². The Balaban J connectivity index is 0.00000312. The molecule has 0 aliphatic heterocycles. The van der Waals surface area contributed by atoms with Crippen LogP contribution in [0.4, 0.5) is 5.69 Å². The minimum Gasteiger partial charge on any atom is -0.507 e. The third-order valence-corrected chi connectivity index (χ3v) is 3.40. The quantitative estimate of drug-likeness (QED) is 0.645. The van der Waals surface area contributed by atoms with Crippen LogP contribution in [0.5, 0.6) is 5.75 Å². The zero-order valence-corrected chi connectivity index (χ0v) is 12.5. The third kappa shape index (κ3) is 4.10. The topological polar surface area (TPSA) is 124 Å². The first-order chi connectivity index (χ1) is 11.4. The lowest BCUT2D eigenvalue weighted by Gasteiger charge is -2.12. The van der Waals surface area contributed by atoms with Gasteiger partial charge in [0.05, 0.1) is 17.9 Å². The number of aliphatic carboxylic acids is 2. The monoisotopic (exact) mass is 331 g/mol. The van der Waals surface area contributed by atoms with Crippen LogP contribution in [0.3, 0.4) is 0 Å². The molecule has 7 heteroatoms. The minimum absolute atomic E-state index is 0. The van der Waals surface area contributed by atoms with Gasteiger partial charge in [0.15, 0.2) is 0 Å². The largest absolute Gasteiger partial charge is 0.507 e. The molecule has 0 radical (unpaired) electrons. The molecule has 0 saturated carbocycles. The molecule has 1 unspecified atom stereocenters. The molecule has 126 valence electrons. The zero-order valence-electron chi connectivity index (χ0n) is 12.5. The lowest BCUT2D eigenvalue weighted by Crippen LogP contribution is -2.16. The second-order valence-electron chi connectivity index (χ2n) is 5.08. The highest BCUT2D eigenvalue weighted by molar-refractivity contribution is 6.06. The number of carboxylic acid groups (broad SMARTS) is 2. The molecular weight excluding hydrogens is 314 g/mol. The Morgan fingerprint density at radius 3 is 2.17 bits per heavy atom. The Kier molecular flexibility index (Phi) is 5.16. The van der Waals surface area contributed by atoms with Crippen LogP contribution in [0.25, 0.3) is 0 Å². The molecule has 24 heavy (non-hydrogen) atoms. The zero-order chi connectivity index (χ0) is 17.7. The van der Waals surface area contributed by atoms with Crippen molar-refractivity contribution in [2.45, 2.75) is 12.3 Å². The van der Waals surface area contributed by atoms with Crippen molar-refractivity contribution in [2.24, 2.45) is 0 Å². The highest BCUT2D eigenvalue weighted by Crippen LogP contribution is 2.23. The van der Waals surface area contributed by atoms with Gasteiger partial charge in [-0.1, -0.05) is 24.3 Å². The van der Waals surface area contributed by atoms with Gasteiger partial charge in [0.25, 0.3) is 5.91 Å². The summed E-state index contributed by atoms with van der Waals surface area (Å²) in [6.45, 7) is 0. The van der Waals surface area contributed by atoms with Crippen LogP contribution in [0, 0.1) is 0 Å². The summed E-state index contributed by atoms with van der Waals surface area (Å²) in [6, 6.07) is 11.9. The summed E-state index contributed by atoms with van der Waals surface area (Å²) in [5.74, 6) is -4.27. The number of rotatable bonds is 6. The van der Waals surface area contributed by atoms with E-state index in [1.165, 1.54) is 36.4 Å². The van der Waals surface area contributed by atoms with Crippen LogP contribution in [-0.2, 0) is 9.59 Å². The van der Waals surface area contributed by atoms with Crippen molar-refractivity contribution in [3.8, 4) is 5.75 Å². The Hall–Kier alpha value is -3.35. The molecule has 2 aromatic rings. The smallest absolute Gasteiger partial charge is 0.311 e. The number of amides is 1. The fourth-order valence-electron chi connectivity index (χ4n) is 2.19. The molecule has 0 heterocycles. The lowest BCUT2D eigenvalue weighted by atomic mass is 9.96. The number of benzene rings is 2. The van der Waals surface area contributed by atoms with Crippen LogP contribution in [-0.4, -0.2) is 33.2 Å².